The van der Waals surface area contributed by atoms with Gasteiger partial charge in [0.05, 0.1) is 5.56 Å². The summed E-state index contributed by atoms with van der Waals surface area (Å²) in [6, 6.07) is 6.20. The molecule has 0 atom stereocenters. The van der Waals surface area contributed by atoms with Crippen LogP contribution in [0.1, 0.15) is 31.2 Å². The molecule has 2 aromatic carbocycles. The van der Waals surface area contributed by atoms with Gasteiger partial charge >= 0.3 is 6.18 Å². The van der Waals surface area contributed by atoms with E-state index in [1.54, 1.807) is 0 Å². The molecule has 0 saturated carbocycles. The van der Waals surface area contributed by atoms with Crippen LogP contribution in [0.2, 0.25) is 0 Å². The normalized spacial score (nSPS) is 16.0. The van der Waals surface area contributed by atoms with E-state index >= 15 is 0 Å². The molecule has 196 valence electrons. The van der Waals surface area contributed by atoms with E-state index in [2.05, 4.69) is 30.7 Å². The van der Waals surface area contributed by atoms with Crippen LogP contribution in [-0.4, -0.2) is 49.2 Å². The monoisotopic (exact) mass is 515 g/mol. The summed E-state index contributed by atoms with van der Waals surface area (Å²) in [4.78, 5) is 38.1. The second-order valence-corrected chi connectivity index (χ2v) is 9.26. The van der Waals surface area contributed by atoms with Crippen LogP contribution < -0.4 is 36.6 Å². The lowest BCUT2D eigenvalue weighted by Crippen LogP contribution is -2.37. The number of hydrogen-bond donors (Lipinski definition) is 3. The molecule has 0 aliphatic carbocycles. The third-order valence-corrected chi connectivity index (χ3v) is 6.64. The summed E-state index contributed by atoms with van der Waals surface area (Å²) in [5.74, 6) is 2.30. The van der Waals surface area contributed by atoms with Crippen LogP contribution >= 0.6 is 0 Å². The average molecular weight is 516 g/mol. The molecular weight excluding hydrogens is 487 g/mol. The SMILES string of the molecule is O=c1c(NCCNc2cc(N3CCCC3)nc(N3CCCC3)n2)c(Nc2ccc(C(F)(F)F)cc2)c1=O. The standard InChI is InChI=1S/C25H28F3N7O2/c26-25(27,28)16-5-7-17(8-6-16)31-21-20(22(36)23(21)37)30-10-9-29-18-15-19(34-11-1-2-12-34)33-24(32-18)35-13-3-4-14-35/h5-8,15,30-31H,1-4,9-14H2,(H,29,32,33). The lowest BCUT2D eigenvalue weighted by Gasteiger charge is -2.22. The lowest BCUT2D eigenvalue weighted by atomic mass is 10.1. The number of anilines is 6. The smallest absolute Gasteiger partial charge is 0.378 e. The molecule has 1 aromatic heterocycles. The van der Waals surface area contributed by atoms with Crippen LogP contribution in [0.5, 0.6) is 0 Å². The maximum atomic E-state index is 12.8. The van der Waals surface area contributed by atoms with E-state index in [0.29, 0.717) is 24.9 Å². The highest BCUT2D eigenvalue weighted by molar-refractivity contribution is 5.78. The van der Waals surface area contributed by atoms with Crippen LogP contribution in [-0.2, 0) is 6.18 Å². The molecule has 3 heterocycles. The van der Waals surface area contributed by atoms with Gasteiger partial charge in [-0.15, -0.1) is 0 Å². The molecule has 2 aliphatic rings. The van der Waals surface area contributed by atoms with Gasteiger partial charge in [0.15, 0.2) is 0 Å². The van der Waals surface area contributed by atoms with Crippen molar-refractivity contribution in [2.24, 2.45) is 0 Å². The van der Waals surface area contributed by atoms with Gasteiger partial charge in [-0.1, -0.05) is 0 Å². The first kappa shape index (κ1) is 24.8. The van der Waals surface area contributed by atoms with Crippen molar-refractivity contribution in [1.82, 2.24) is 9.97 Å². The van der Waals surface area contributed by atoms with Crippen molar-refractivity contribution in [2.75, 3.05) is 65.0 Å². The van der Waals surface area contributed by atoms with Crippen molar-refractivity contribution in [2.45, 2.75) is 31.9 Å². The summed E-state index contributed by atoms with van der Waals surface area (Å²) < 4.78 is 38.3. The number of rotatable bonds is 9. The van der Waals surface area contributed by atoms with Crippen molar-refractivity contribution in [3.63, 3.8) is 0 Å². The Morgan fingerprint density at radius 3 is 2.03 bits per heavy atom. The molecule has 0 amide bonds. The molecule has 0 radical (unpaired) electrons. The fourth-order valence-corrected chi connectivity index (χ4v) is 4.62. The Hall–Kier alpha value is -3.83. The van der Waals surface area contributed by atoms with Gasteiger partial charge in [0.2, 0.25) is 5.95 Å². The molecular formula is C25H28F3N7O2. The molecule has 0 spiro atoms. The number of alkyl halides is 3. The molecule has 5 rings (SSSR count). The molecule has 2 saturated heterocycles. The summed E-state index contributed by atoms with van der Waals surface area (Å²) in [6.07, 6.45) is 0.0676. The van der Waals surface area contributed by atoms with E-state index < -0.39 is 22.6 Å². The van der Waals surface area contributed by atoms with Gasteiger partial charge in [0, 0.05) is 51.0 Å². The first-order valence-corrected chi connectivity index (χ1v) is 12.4. The molecule has 12 heteroatoms. The largest absolute Gasteiger partial charge is 0.416 e. The van der Waals surface area contributed by atoms with Crippen LogP contribution in [0.3, 0.4) is 0 Å². The van der Waals surface area contributed by atoms with E-state index in [1.807, 2.05) is 6.07 Å². The maximum absolute atomic E-state index is 12.8. The number of aromatic nitrogens is 2. The fourth-order valence-electron chi connectivity index (χ4n) is 4.62. The van der Waals surface area contributed by atoms with Crippen molar-refractivity contribution >= 4 is 34.6 Å². The molecule has 0 unspecified atom stereocenters. The molecule has 9 nitrogen and oxygen atoms in total. The molecule has 3 N–H and O–H groups in total. The third kappa shape index (κ3) is 5.47. The molecule has 2 aliphatic heterocycles. The summed E-state index contributed by atoms with van der Waals surface area (Å²) >= 11 is 0. The van der Waals surface area contributed by atoms with E-state index in [0.717, 1.165) is 69.8 Å². The van der Waals surface area contributed by atoms with Crippen LogP contribution in [0.25, 0.3) is 0 Å². The van der Waals surface area contributed by atoms with Crippen molar-refractivity contribution in [1.29, 1.82) is 0 Å². The average Bonchev–Trinajstić information content (AvgIpc) is 3.62. The number of nitrogens with zero attached hydrogens (tertiary/aromatic N) is 4. The minimum Gasteiger partial charge on any atom is -0.378 e. The van der Waals surface area contributed by atoms with Crippen molar-refractivity contribution in [3.05, 3.63) is 56.3 Å². The Morgan fingerprint density at radius 2 is 1.38 bits per heavy atom. The Labute approximate surface area is 211 Å². The second kappa shape index (κ2) is 10.3. The van der Waals surface area contributed by atoms with E-state index in [9.17, 15) is 22.8 Å². The van der Waals surface area contributed by atoms with Gasteiger partial charge in [0.1, 0.15) is 23.0 Å². The molecule has 2 fully saturated rings. The minimum atomic E-state index is -4.45. The zero-order chi connectivity index (χ0) is 26.0. The number of hydrogen-bond acceptors (Lipinski definition) is 9. The summed E-state index contributed by atoms with van der Waals surface area (Å²) in [5.41, 5.74) is -1.73. The molecule has 3 aromatic rings. The van der Waals surface area contributed by atoms with Gasteiger partial charge < -0.3 is 25.8 Å². The van der Waals surface area contributed by atoms with Gasteiger partial charge in [-0.2, -0.15) is 23.1 Å². The Morgan fingerprint density at radius 1 is 0.784 bits per heavy atom. The summed E-state index contributed by atoms with van der Waals surface area (Å²) in [6.45, 7) is 4.56. The van der Waals surface area contributed by atoms with E-state index in [4.69, 9.17) is 4.98 Å². The zero-order valence-corrected chi connectivity index (χ0v) is 20.2. The Balaban J connectivity index is 1.21. The predicted octanol–water partition coefficient (Wildman–Crippen LogP) is 3.56. The number of nitrogens with one attached hydrogen (secondary N) is 3. The number of benzene rings is 1. The second-order valence-electron chi connectivity index (χ2n) is 9.26. The highest BCUT2D eigenvalue weighted by Gasteiger charge is 2.30. The number of halogens is 3. The Bertz CT molecular complexity index is 1270. The zero-order valence-electron chi connectivity index (χ0n) is 20.2. The van der Waals surface area contributed by atoms with Gasteiger partial charge in [-0.05, 0) is 49.9 Å². The first-order valence-electron chi connectivity index (χ1n) is 12.4. The lowest BCUT2D eigenvalue weighted by molar-refractivity contribution is -0.137. The highest BCUT2D eigenvalue weighted by atomic mass is 19.4. The maximum Gasteiger partial charge on any atom is 0.416 e. The van der Waals surface area contributed by atoms with Gasteiger partial charge in [-0.25, -0.2) is 0 Å². The summed E-state index contributed by atoms with van der Waals surface area (Å²) in [5, 5.41) is 8.98. The Kier molecular flexibility index (Phi) is 6.90. The van der Waals surface area contributed by atoms with Crippen molar-refractivity contribution < 1.29 is 13.2 Å². The van der Waals surface area contributed by atoms with Crippen LogP contribution in [0.4, 0.5) is 47.8 Å². The first-order chi connectivity index (χ1) is 17.8. The minimum absolute atomic E-state index is 0.0411. The molecule has 0 bridgehead atoms. The van der Waals surface area contributed by atoms with E-state index in [1.165, 1.54) is 12.1 Å². The van der Waals surface area contributed by atoms with Crippen LogP contribution in [0, 0.1) is 0 Å². The highest BCUT2D eigenvalue weighted by Crippen LogP contribution is 2.31. The third-order valence-electron chi connectivity index (χ3n) is 6.64. The van der Waals surface area contributed by atoms with E-state index in [-0.39, 0.29) is 17.1 Å². The topological polar surface area (TPSA) is 102 Å². The van der Waals surface area contributed by atoms with Crippen LogP contribution in [0.15, 0.2) is 39.9 Å². The van der Waals surface area contributed by atoms with Gasteiger partial charge in [-0.3, -0.25) is 9.59 Å². The van der Waals surface area contributed by atoms with Gasteiger partial charge in [0.25, 0.3) is 10.9 Å². The summed E-state index contributed by atoms with van der Waals surface area (Å²) in [7, 11) is 0. The predicted molar refractivity (Wildman–Crippen MR) is 138 cm³/mol. The fraction of sp³-hybridized carbons (Fsp3) is 0.440. The van der Waals surface area contributed by atoms with Crippen molar-refractivity contribution in [3.8, 4) is 0 Å². The molecule has 37 heavy (non-hydrogen) atoms. The quantitative estimate of drug-likeness (QED) is 0.292.